The molecule has 2 aliphatic rings. The van der Waals surface area contributed by atoms with Crippen molar-refractivity contribution in [1.82, 2.24) is 10.3 Å². The Kier molecular flexibility index (Phi) is 3.25. The number of rotatable bonds is 3. The molecule has 1 saturated heterocycles. The van der Waals surface area contributed by atoms with Crippen LogP contribution in [0.5, 0.6) is 0 Å². The van der Waals surface area contributed by atoms with Crippen LogP contribution in [0.25, 0.3) is 0 Å². The van der Waals surface area contributed by atoms with E-state index < -0.39 is 6.09 Å². The largest absolute Gasteiger partial charge is 0.465 e. The minimum Gasteiger partial charge on any atom is -0.465 e. The molecule has 0 spiro atoms. The zero-order valence-corrected chi connectivity index (χ0v) is 10.7. The van der Waals surface area contributed by atoms with E-state index in [9.17, 15) is 9.90 Å². The highest BCUT2D eigenvalue weighted by atomic mass is 16.4. The molecule has 19 heavy (non-hydrogen) atoms. The van der Waals surface area contributed by atoms with Crippen molar-refractivity contribution < 1.29 is 9.90 Å². The summed E-state index contributed by atoms with van der Waals surface area (Å²) in [7, 11) is 0. The van der Waals surface area contributed by atoms with Crippen molar-refractivity contribution in [2.75, 3.05) is 36.0 Å². The molecule has 102 valence electrons. The first kappa shape index (κ1) is 12.2. The fraction of sp³-hybridized carbons (Fsp3) is 0.538. The molecule has 1 saturated carbocycles. The summed E-state index contributed by atoms with van der Waals surface area (Å²) in [5.41, 5.74) is 1.06. The zero-order valence-electron chi connectivity index (χ0n) is 10.7. The van der Waals surface area contributed by atoms with Gasteiger partial charge in [0.25, 0.3) is 0 Å². The van der Waals surface area contributed by atoms with Crippen LogP contribution in [0.3, 0.4) is 0 Å². The molecule has 0 radical (unpaired) electrons. The Morgan fingerprint density at radius 1 is 1.37 bits per heavy atom. The second kappa shape index (κ2) is 5.05. The number of hydrogen-bond donors (Lipinski definition) is 2. The summed E-state index contributed by atoms with van der Waals surface area (Å²) >= 11 is 0. The highest BCUT2D eigenvalue weighted by Gasteiger charge is 2.34. The van der Waals surface area contributed by atoms with Crippen LogP contribution in [0.1, 0.15) is 12.8 Å². The lowest BCUT2D eigenvalue weighted by atomic mass is 10.3. The van der Waals surface area contributed by atoms with Crippen molar-refractivity contribution in [2.24, 2.45) is 0 Å². The summed E-state index contributed by atoms with van der Waals surface area (Å²) in [6, 6.07) is 3.89. The van der Waals surface area contributed by atoms with Gasteiger partial charge < -0.3 is 15.3 Å². The van der Waals surface area contributed by atoms with E-state index in [0.717, 1.165) is 44.7 Å². The third kappa shape index (κ3) is 2.63. The second-order valence-electron chi connectivity index (χ2n) is 5.00. The normalized spacial score (nSPS) is 19.3. The Balaban J connectivity index is 1.75. The number of carboxylic acid groups (broad SMARTS) is 1. The lowest BCUT2D eigenvalue weighted by Crippen LogP contribution is -2.43. The maximum atomic E-state index is 11.2. The molecule has 0 unspecified atom stereocenters. The van der Waals surface area contributed by atoms with E-state index in [2.05, 4.69) is 15.2 Å². The van der Waals surface area contributed by atoms with Crippen LogP contribution in [0.15, 0.2) is 18.3 Å². The molecule has 3 rings (SSSR count). The predicted molar refractivity (Wildman–Crippen MR) is 72.8 cm³/mol. The van der Waals surface area contributed by atoms with Crippen LogP contribution < -0.4 is 15.1 Å². The molecule has 1 aliphatic heterocycles. The Hall–Kier alpha value is -1.82. The van der Waals surface area contributed by atoms with Crippen LogP contribution >= 0.6 is 0 Å². The molecule has 1 aromatic heterocycles. The number of piperazine rings is 1. The topological polar surface area (TPSA) is 68.7 Å². The van der Waals surface area contributed by atoms with Gasteiger partial charge in [0.2, 0.25) is 0 Å². The van der Waals surface area contributed by atoms with E-state index in [-0.39, 0.29) is 6.04 Å². The first-order valence-electron chi connectivity index (χ1n) is 6.69. The molecule has 0 bridgehead atoms. The molecule has 2 N–H and O–H groups in total. The Morgan fingerprint density at radius 2 is 2.11 bits per heavy atom. The molecule has 6 nitrogen and oxygen atoms in total. The Labute approximate surface area is 112 Å². The first-order valence-corrected chi connectivity index (χ1v) is 6.69. The van der Waals surface area contributed by atoms with Crippen molar-refractivity contribution in [3.8, 4) is 0 Å². The van der Waals surface area contributed by atoms with Crippen LogP contribution in [-0.4, -0.2) is 48.4 Å². The number of aromatic nitrogens is 1. The van der Waals surface area contributed by atoms with Crippen LogP contribution in [0, 0.1) is 0 Å². The molecule has 1 aliphatic carbocycles. The predicted octanol–water partition coefficient (Wildman–Crippen LogP) is 1.14. The standard InChI is InChI=1S/C13H18N4O2/c18-13(19)17(10-1-2-10)12-4-3-11(9-15-12)16-7-5-14-6-8-16/h3-4,9-10,14H,1-2,5-8H2,(H,18,19). The summed E-state index contributed by atoms with van der Waals surface area (Å²) in [6.45, 7) is 3.88. The molecule has 0 aromatic carbocycles. The monoisotopic (exact) mass is 262 g/mol. The van der Waals surface area contributed by atoms with Gasteiger partial charge >= 0.3 is 6.09 Å². The van der Waals surface area contributed by atoms with Crippen molar-refractivity contribution in [3.05, 3.63) is 18.3 Å². The average Bonchev–Trinajstić information content (AvgIpc) is 3.25. The lowest BCUT2D eigenvalue weighted by molar-refractivity contribution is 0.201. The van der Waals surface area contributed by atoms with Gasteiger partial charge in [0, 0.05) is 32.2 Å². The summed E-state index contributed by atoms with van der Waals surface area (Å²) < 4.78 is 0. The quantitative estimate of drug-likeness (QED) is 0.855. The number of anilines is 2. The van der Waals surface area contributed by atoms with Crippen LogP contribution in [0.4, 0.5) is 16.3 Å². The molecule has 1 aromatic rings. The highest BCUT2D eigenvalue weighted by molar-refractivity contribution is 5.86. The minimum atomic E-state index is -0.912. The number of nitrogens with one attached hydrogen (secondary N) is 1. The molecule has 2 fully saturated rings. The summed E-state index contributed by atoms with van der Waals surface area (Å²) in [5.74, 6) is 0.536. The Bertz CT molecular complexity index is 452. The summed E-state index contributed by atoms with van der Waals surface area (Å²) in [6.07, 6.45) is 2.74. The van der Waals surface area contributed by atoms with Gasteiger partial charge in [-0.1, -0.05) is 0 Å². The minimum absolute atomic E-state index is 0.120. The molecule has 0 atom stereocenters. The zero-order chi connectivity index (χ0) is 13.2. The van der Waals surface area contributed by atoms with E-state index in [4.69, 9.17) is 0 Å². The van der Waals surface area contributed by atoms with Gasteiger partial charge in [0.15, 0.2) is 0 Å². The number of pyridine rings is 1. The van der Waals surface area contributed by atoms with E-state index >= 15 is 0 Å². The smallest absolute Gasteiger partial charge is 0.413 e. The fourth-order valence-electron chi connectivity index (χ4n) is 2.40. The van der Waals surface area contributed by atoms with Crippen molar-refractivity contribution in [3.63, 3.8) is 0 Å². The summed E-state index contributed by atoms with van der Waals surface area (Å²) in [4.78, 5) is 19.2. The van der Waals surface area contributed by atoms with Crippen LogP contribution in [-0.2, 0) is 0 Å². The molecule has 6 heteroatoms. The van der Waals surface area contributed by atoms with E-state index in [1.165, 1.54) is 4.90 Å². The molecular formula is C13H18N4O2. The molecule has 1 amide bonds. The third-order valence-corrected chi connectivity index (χ3v) is 3.58. The molecule has 2 heterocycles. The van der Waals surface area contributed by atoms with E-state index in [1.54, 1.807) is 6.20 Å². The average molecular weight is 262 g/mol. The van der Waals surface area contributed by atoms with Crippen molar-refractivity contribution in [1.29, 1.82) is 0 Å². The number of amides is 1. The van der Waals surface area contributed by atoms with Gasteiger partial charge in [-0.25, -0.2) is 9.78 Å². The Morgan fingerprint density at radius 3 is 2.63 bits per heavy atom. The van der Waals surface area contributed by atoms with E-state index in [1.807, 2.05) is 12.1 Å². The van der Waals surface area contributed by atoms with Gasteiger partial charge in [0.1, 0.15) is 5.82 Å². The van der Waals surface area contributed by atoms with Gasteiger partial charge in [0.05, 0.1) is 11.9 Å². The van der Waals surface area contributed by atoms with E-state index in [0.29, 0.717) is 5.82 Å². The third-order valence-electron chi connectivity index (χ3n) is 3.58. The fourth-order valence-corrected chi connectivity index (χ4v) is 2.40. The molecular weight excluding hydrogens is 244 g/mol. The number of carbonyl (C=O) groups is 1. The summed E-state index contributed by atoms with van der Waals surface area (Å²) in [5, 5.41) is 12.5. The number of nitrogens with zero attached hydrogens (tertiary/aromatic N) is 3. The highest BCUT2D eigenvalue weighted by Crippen LogP contribution is 2.31. The first-order chi connectivity index (χ1) is 9.25. The van der Waals surface area contributed by atoms with Crippen molar-refractivity contribution in [2.45, 2.75) is 18.9 Å². The maximum Gasteiger partial charge on any atom is 0.413 e. The van der Waals surface area contributed by atoms with Crippen LogP contribution in [0.2, 0.25) is 0 Å². The SMILES string of the molecule is O=C(O)N(c1ccc(N2CCNCC2)cn1)C1CC1. The number of hydrogen-bond acceptors (Lipinski definition) is 4. The van der Waals surface area contributed by atoms with Gasteiger partial charge in [-0.15, -0.1) is 0 Å². The van der Waals surface area contributed by atoms with Gasteiger partial charge in [-0.2, -0.15) is 0 Å². The second-order valence-corrected chi connectivity index (χ2v) is 5.00. The maximum absolute atomic E-state index is 11.2. The van der Waals surface area contributed by atoms with Gasteiger partial charge in [-0.05, 0) is 25.0 Å². The van der Waals surface area contributed by atoms with Gasteiger partial charge in [-0.3, -0.25) is 4.90 Å². The lowest BCUT2D eigenvalue weighted by Gasteiger charge is -2.29. The van der Waals surface area contributed by atoms with Crippen molar-refractivity contribution >= 4 is 17.6 Å².